The van der Waals surface area contributed by atoms with Gasteiger partial charge >= 0.3 is 0 Å². The summed E-state index contributed by atoms with van der Waals surface area (Å²) in [6, 6.07) is 0. The lowest BCUT2D eigenvalue weighted by Gasteiger charge is -2.37. The van der Waals surface area contributed by atoms with Crippen LogP contribution < -0.4 is 0 Å². The molecule has 0 aromatic rings. The Kier molecular flexibility index (Phi) is 3.96. The van der Waals surface area contributed by atoms with Crippen molar-refractivity contribution in [1.29, 1.82) is 0 Å². The highest BCUT2D eigenvalue weighted by atomic mass is 28.4. The second kappa shape index (κ2) is 4.85. The lowest BCUT2D eigenvalue weighted by molar-refractivity contribution is 0.158. The first-order valence-electron chi connectivity index (χ1n) is 7.89. The molecule has 2 rings (SSSR count). The van der Waals surface area contributed by atoms with Gasteiger partial charge in [0.2, 0.25) is 0 Å². The highest BCUT2D eigenvalue weighted by molar-refractivity contribution is 6.74. The first-order valence-corrected chi connectivity index (χ1v) is 10.8. The SMILES string of the molecule is CC(C)[C@H]1CCC2(CO[Si](C)(C)C(C)(C)C)OC2C1. The third-order valence-electron chi connectivity index (χ3n) is 5.79. The van der Waals surface area contributed by atoms with Crippen LogP contribution in [0.5, 0.6) is 0 Å². The molecule has 19 heavy (non-hydrogen) atoms. The van der Waals surface area contributed by atoms with Gasteiger partial charge in [0.1, 0.15) is 5.60 Å². The van der Waals surface area contributed by atoms with Crippen molar-refractivity contribution >= 4 is 8.32 Å². The van der Waals surface area contributed by atoms with Crippen LogP contribution in [0, 0.1) is 11.8 Å². The van der Waals surface area contributed by atoms with Crippen molar-refractivity contribution in [3.63, 3.8) is 0 Å². The number of hydrogen-bond acceptors (Lipinski definition) is 2. The second-order valence-corrected chi connectivity index (χ2v) is 13.3. The Bertz CT molecular complexity index is 332. The highest BCUT2D eigenvalue weighted by Gasteiger charge is 2.60. The quantitative estimate of drug-likeness (QED) is 0.556. The number of fused-ring (bicyclic) bond motifs is 1. The predicted molar refractivity (Wildman–Crippen MR) is 82.9 cm³/mol. The van der Waals surface area contributed by atoms with Crippen LogP contribution in [-0.4, -0.2) is 26.6 Å². The fourth-order valence-corrected chi connectivity index (χ4v) is 3.92. The molecule has 112 valence electrons. The average molecular weight is 285 g/mol. The fraction of sp³-hybridized carbons (Fsp3) is 1.00. The Labute approximate surface area is 120 Å². The van der Waals surface area contributed by atoms with E-state index in [0.29, 0.717) is 11.1 Å². The summed E-state index contributed by atoms with van der Waals surface area (Å²) in [5.74, 6) is 1.65. The summed E-state index contributed by atoms with van der Waals surface area (Å²) in [5.41, 5.74) is 0.0981. The van der Waals surface area contributed by atoms with Crippen LogP contribution in [0.4, 0.5) is 0 Å². The van der Waals surface area contributed by atoms with Crippen LogP contribution in [-0.2, 0) is 9.16 Å². The van der Waals surface area contributed by atoms with Gasteiger partial charge < -0.3 is 9.16 Å². The zero-order chi connectivity index (χ0) is 14.5. The molecule has 0 radical (unpaired) electrons. The molecule has 2 aliphatic rings. The number of epoxide rings is 1. The van der Waals surface area contributed by atoms with Crippen molar-refractivity contribution < 1.29 is 9.16 Å². The molecular weight excluding hydrogens is 252 g/mol. The summed E-state index contributed by atoms with van der Waals surface area (Å²) < 4.78 is 12.4. The Morgan fingerprint density at radius 2 is 1.95 bits per heavy atom. The molecule has 0 bridgehead atoms. The Hall–Kier alpha value is 0.137. The van der Waals surface area contributed by atoms with Gasteiger partial charge in [0.05, 0.1) is 12.7 Å². The van der Waals surface area contributed by atoms with E-state index in [2.05, 4.69) is 47.7 Å². The molecule has 0 aromatic heterocycles. The van der Waals surface area contributed by atoms with Crippen molar-refractivity contribution in [2.75, 3.05) is 6.61 Å². The second-order valence-electron chi connectivity index (χ2n) is 8.50. The first-order chi connectivity index (χ1) is 8.57. The average Bonchev–Trinajstić information content (AvgIpc) is 2.98. The molecule has 0 N–H and O–H groups in total. The fourth-order valence-electron chi connectivity index (χ4n) is 2.88. The van der Waals surface area contributed by atoms with E-state index in [1.165, 1.54) is 19.3 Å². The smallest absolute Gasteiger partial charge is 0.192 e. The topological polar surface area (TPSA) is 21.8 Å². The summed E-state index contributed by atoms with van der Waals surface area (Å²) in [5, 5.41) is 0.295. The Morgan fingerprint density at radius 3 is 2.42 bits per heavy atom. The Morgan fingerprint density at radius 1 is 1.32 bits per heavy atom. The van der Waals surface area contributed by atoms with Crippen molar-refractivity contribution in [3.05, 3.63) is 0 Å². The van der Waals surface area contributed by atoms with Crippen LogP contribution in [0.3, 0.4) is 0 Å². The van der Waals surface area contributed by atoms with E-state index in [9.17, 15) is 0 Å². The summed E-state index contributed by atoms with van der Waals surface area (Å²) in [7, 11) is -1.63. The molecular formula is C16H32O2Si. The minimum absolute atomic E-state index is 0.0981. The molecule has 0 aromatic carbocycles. The van der Waals surface area contributed by atoms with Gasteiger partial charge in [0.25, 0.3) is 0 Å². The summed E-state index contributed by atoms with van der Waals surface area (Å²) in [6.45, 7) is 17.1. The molecule has 1 saturated heterocycles. The van der Waals surface area contributed by atoms with E-state index in [4.69, 9.17) is 9.16 Å². The molecule has 1 aliphatic carbocycles. The van der Waals surface area contributed by atoms with E-state index < -0.39 is 8.32 Å². The minimum Gasteiger partial charge on any atom is -0.414 e. The van der Waals surface area contributed by atoms with Gasteiger partial charge in [-0.1, -0.05) is 34.6 Å². The minimum atomic E-state index is -1.63. The highest BCUT2D eigenvalue weighted by Crippen LogP contribution is 2.52. The van der Waals surface area contributed by atoms with Crippen molar-refractivity contribution in [3.8, 4) is 0 Å². The zero-order valence-corrected chi connectivity index (χ0v) is 14.9. The van der Waals surface area contributed by atoms with Crippen LogP contribution >= 0.6 is 0 Å². The molecule has 1 aliphatic heterocycles. The maximum Gasteiger partial charge on any atom is 0.192 e. The summed E-state index contributed by atoms with van der Waals surface area (Å²) >= 11 is 0. The normalized spacial score (nSPS) is 35.4. The maximum atomic E-state index is 6.39. The van der Waals surface area contributed by atoms with Crippen molar-refractivity contribution in [2.45, 2.75) is 83.7 Å². The summed E-state index contributed by atoms with van der Waals surface area (Å²) in [6.07, 6.45) is 4.25. The van der Waals surface area contributed by atoms with Crippen LogP contribution in [0.1, 0.15) is 53.9 Å². The van der Waals surface area contributed by atoms with Gasteiger partial charge in [-0.05, 0) is 49.2 Å². The molecule has 1 saturated carbocycles. The van der Waals surface area contributed by atoms with E-state index in [0.717, 1.165) is 18.4 Å². The predicted octanol–water partition coefficient (Wildman–Crippen LogP) is 4.60. The molecule has 2 unspecified atom stereocenters. The van der Waals surface area contributed by atoms with E-state index >= 15 is 0 Å². The largest absolute Gasteiger partial charge is 0.414 e. The number of rotatable bonds is 4. The summed E-state index contributed by atoms with van der Waals surface area (Å²) in [4.78, 5) is 0. The van der Waals surface area contributed by atoms with Crippen LogP contribution in [0.15, 0.2) is 0 Å². The van der Waals surface area contributed by atoms with Crippen molar-refractivity contribution in [1.82, 2.24) is 0 Å². The van der Waals surface area contributed by atoms with E-state index in [1.807, 2.05) is 0 Å². The molecule has 3 atom stereocenters. The number of ether oxygens (including phenoxy) is 1. The number of hydrogen-bond donors (Lipinski definition) is 0. The van der Waals surface area contributed by atoms with E-state index in [-0.39, 0.29) is 5.60 Å². The van der Waals surface area contributed by atoms with Crippen LogP contribution in [0.2, 0.25) is 18.1 Å². The molecule has 2 fully saturated rings. The van der Waals surface area contributed by atoms with Crippen LogP contribution in [0.25, 0.3) is 0 Å². The lowest BCUT2D eigenvalue weighted by atomic mass is 9.77. The van der Waals surface area contributed by atoms with E-state index in [1.54, 1.807) is 0 Å². The standard InChI is InChI=1S/C16H32O2Si/c1-12(2)13-8-9-16(14(10-13)18-16)11-17-19(6,7)15(3,4)5/h12-14H,8-11H2,1-7H3/t13-,14?,16?/m0/s1. The molecule has 0 spiro atoms. The molecule has 3 heteroatoms. The zero-order valence-electron chi connectivity index (χ0n) is 13.9. The first kappa shape index (κ1) is 15.5. The molecule has 2 nitrogen and oxygen atoms in total. The van der Waals surface area contributed by atoms with Gasteiger partial charge in [0, 0.05) is 0 Å². The van der Waals surface area contributed by atoms with Crippen molar-refractivity contribution in [2.24, 2.45) is 11.8 Å². The molecule has 0 amide bonds. The van der Waals surface area contributed by atoms with Gasteiger partial charge in [-0.15, -0.1) is 0 Å². The third-order valence-corrected chi connectivity index (χ3v) is 10.3. The van der Waals surface area contributed by atoms with Gasteiger partial charge in [0.15, 0.2) is 8.32 Å². The monoisotopic (exact) mass is 284 g/mol. The third kappa shape index (κ3) is 3.08. The van der Waals surface area contributed by atoms with Gasteiger partial charge in [-0.2, -0.15) is 0 Å². The lowest BCUT2D eigenvalue weighted by Crippen LogP contribution is -2.44. The van der Waals surface area contributed by atoms with Gasteiger partial charge in [-0.25, -0.2) is 0 Å². The van der Waals surface area contributed by atoms with Gasteiger partial charge in [-0.3, -0.25) is 0 Å². The maximum absolute atomic E-state index is 6.39. The molecule has 1 heterocycles. The Balaban J connectivity index is 1.87.